The number of nitrogens with zero attached hydrogens (tertiary/aromatic N) is 2. The lowest BCUT2D eigenvalue weighted by Gasteiger charge is -2.36. The van der Waals surface area contributed by atoms with Gasteiger partial charge < -0.3 is 14.5 Å². The molecule has 1 heterocycles. The summed E-state index contributed by atoms with van der Waals surface area (Å²) in [5.74, 6) is 0. The molecule has 8 heteroatoms. The van der Waals surface area contributed by atoms with Crippen LogP contribution in [0.2, 0.25) is 0 Å². The zero-order valence-corrected chi connectivity index (χ0v) is 19.5. The smallest absolute Gasteiger partial charge is 0.416 e. The molecule has 0 atom stereocenters. The van der Waals surface area contributed by atoms with Gasteiger partial charge in [-0.3, -0.25) is 0 Å². The maximum Gasteiger partial charge on any atom is 0.416 e. The molecule has 4 rings (SSSR count). The van der Waals surface area contributed by atoms with Gasteiger partial charge in [0, 0.05) is 36.0 Å². The number of piperazine rings is 1. The molecule has 1 aliphatic heterocycles. The molecule has 0 aromatic heterocycles. The molecular formula is C26H25F3N2O2S. The number of aryl methyl sites for hydroxylation is 1. The third-order valence-electron chi connectivity index (χ3n) is 5.67. The Hall–Kier alpha value is -3.13. The number of amides is 1. The molecule has 1 saturated heterocycles. The predicted octanol–water partition coefficient (Wildman–Crippen LogP) is 6.62. The summed E-state index contributed by atoms with van der Waals surface area (Å²) in [5, 5.41) is 0. The summed E-state index contributed by atoms with van der Waals surface area (Å²) in [6.45, 7) is 4.29. The van der Waals surface area contributed by atoms with E-state index in [0.717, 1.165) is 27.1 Å². The molecule has 3 aromatic carbocycles. The fourth-order valence-electron chi connectivity index (χ4n) is 3.80. The molecule has 4 nitrogen and oxygen atoms in total. The average molecular weight is 487 g/mol. The van der Waals surface area contributed by atoms with E-state index >= 15 is 0 Å². The number of anilines is 1. The van der Waals surface area contributed by atoms with Crippen molar-refractivity contribution >= 4 is 23.5 Å². The highest BCUT2D eigenvalue weighted by molar-refractivity contribution is 7.99. The van der Waals surface area contributed by atoms with Crippen LogP contribution < -0.4 is 4.90 Å². The van der Waals surface area contributed by atoms with Crippen LogP contribution in [0.3, 0.4) is 0 Å². The van der Waals surface area contributed by atoms with Gasteiger partial charge >= 0.3 is 12.3 Å². The monoisotopic (exact) mass is 486 g/mol. The van der Waals surface area contributed by atoms with Crippen molar-refractivity contribution in [3.63, 3.8) is 0 Å². The average Bonchev–Trinajstić information content (AvgIpc) is 2.84. The Labute approximate surface area is 201 Å². The van der Waals surface area contributed by atoms with E-state index in [1.54, 1.807) is 11.8 Å². The van der Waals surface area contributed by atoms with Crippen molar-refractivity contribution < 1.29 is 22.7 Å². The van der Waals surface area contributed by atoms with Crippen molar-refractivity contribution in [3.05, 3.63) is 89.5 Å². The molecular weight excluding hydrogens is 461 g/mol. The summed E-state index contributed by atoms with van der Waals surface area (Å²) >= 11 is 1.45. The molecule has 1 amide bonds. The van der Waals surface area contributed by atoms with Gasteiger partial charge in [0.2, 0.25) is 0 Å². The first-order valence-corrected chi connectivity index (χ1v) is 11.8. The van der Waals surface area contributed by atoms with E-state index in [4.69, 9.17) is 4.74 Å². The number of carbonyl (C=O) groups is 1. The minimum absolute atomic E-state index is 0.242. The van der Waals surface area contributed by atoms with Gasteiger partial charge in [-0.1, -0.05) is 54.2 Å². The van der Waals surface area contributed by atoms with E-state index in [9.17, 15) is 18.0 Å². The number of ether oxygens (including phenoxy) is 1. The van der Waals surface area contributed by atoms with Crippen molar-refractivity contribution in [1.82, 2.24) is 4.90 Å². The lowest BCUT2D eigenvalue weighted by Crippen LogP contribution is -2.49. The van der Waals surface area contributed by atoms with Crippen LogP contribution in [0.15, 0.2) is 82.6 Å². The van der Waals surface area contributed by atoms with E-state index < -0.39 is 11.7 Å². The van der Waals surface area contributed by atoms with E-state index in [0.29, 0.717) is 31.7 Å². The minimum atomic E-state index is -4.35. The van der Waals surface area contributed by atoms with Gasteiger partial charge in [-0.25, -0.2) is 4.79 Å². The highest BCUT2D eigenvalue weighted by atomic mass is 32.2. The SMILES string of the molecule is Cc1cc(C(F)(F)F)ccc1Sc1ccccc1N1CCN(C(=O)OCc2ccccc2)CC1. The van der Waals surface area contributed by atoms with Gasteiger partial charge in [-0.15, -0.1) is 0 Å². The van der Waals surface area contributed by atoms with Crippen molar-refractivity contribution in [2.45, 2.75) is 29.5 Å². The summed E-state index contributed by atoms with van der Waals surface area (Å²) in [6, 6.07) is 21.2. The van der Waals surface area contributed by atoms with Gasteiger partial charge in [0.15, 0.2) is 0 Å². The molecule has 0 saturated carbocycles. The Balaban J connectivity index is 1.38. The number of halogens is 3. The second kappa shape index (κ2) is 10.4. The minimum Gasteiger partial charge on any atom is -0.445 e. The van der Waals surface area contributed by atoms with E-state index in [2.05, 4.69) is 4.90 Å². The van der Waals surface area contributed by atoms with Crippen molar-refractivity contribution in [2.24, 2.45) is 0 Å². The first-order chi connectivity index (χ1) is 16.3. The Morgan fingerprint density at radius 2 is 1.59 bits per heavy atom. The fourth-order valence-corrected chi connectivity index (χ4v) is 4.85. The van der Waals surface area contributed by atoms with Crippen LogP contribution in [0.25, 0.3) is 0 Å². The quantitative estimate of drug-likeness (QED) is 0.406. The summed E-state index contributed by atoms with van der Waals surface area (Å²) in [5.41, 5.74) is 1.89. The molecule has 0 bridgehead atoms. The van der Waals surface area contributed by atoms with Crippen LogP contribution in [-0.4, -0.2) is 37.2 Å². The number of para-hydroxylation sites is 1. The molecule has 1 aliphatic rings. The van der Waals surface area contributed by atoms with E-state index in [1.165, 1.54) is 23.9 Å². The Morgan fingerprint density at radius 1 is 0.912 bits per heavy atom. The number of alkyl halides is 3. The van der Waals surface area contributed by atoms with Gasteiger partial charge in [0.25, 0.3) is 0 Å². The summed E-state index contributed by atoms with van der Waals surface area (Å²) in [4.78, 5) is 18.1. The third kappa shape index (κ3) is 5.86. The molecule has 0 N–H and O–H groups in total. The molecule has 0 radical (unpaired) electrons. The molecule has 178 valence electrons. The Morgan fingerprint density at radius 3 is 2.26 bits per heavy atom. The fraction of sp³-hybridized carbons (Fsp3) is 0.269. The number of hydrogen-bond donors (Lipinski definition) is 0. The highest BCUT2D eigenvalue weighted by Crippen LogP contribution is 2.39. The van der Waals surface area contributed by atoms with Crippen LogP contribution in [0, 0.1) is 6.92 Å². The van der Waals surface area contributed by atoms with Gasteiger partial charge in [-0.05, 0) is 48.4 Å². The first-order valence-electron chi connectivity index (χ1n) is 11.0. The zero-order chi connectivity index (χ0) is 24.1. The lowest BCUT2D eigenvalue weighted by molar-refractivity contribution is -0.137. The maximum absolute atomic E-state index is 13.0. The summed E-state index contributed by atoms with van der Waals surface area (Å²) in [6.07, 6.45) is -4.68. The Bertz CT molecular complexity index is 1130. The van der Waals surface area contributed by atoms with E-state index in [-0.39, 0.29) is 12.7 Å². The maximum atomic E-state index is 13.0. The number of carbonyl (C=O) groups excluding carboxylic acids is 1. The lowest BCUT2D eigenvalue weighted by atomic mass is 10.1. The topological polar surface area (TPSA) is 32.8 Å². The van der Waals surface area contributed by atoms with Crippen molar-refractivity contribution in [1.29, 1.82) is 0 Å². The van der Waals surface area contributed by atoms with Gasteiger partial charge in [-0.2, -0.15) is 13.2 Å². The second-order valence-electron chi connectivity index (χ2n) is 8.06. The van der Waals surface area contributed by atoms with Gasteiger partial charge in [0.05, 0.1) is 11.3 Å². The van der Waals surface area contributed by atoms with Crippen molar-refractivity contribution in [3.8, 4) is 0 Å². The third-order valence-corrected chi connectivity index (χ3v) is 6.91. The summed E-state index contributed by atoms with van der Waals surface area (Å²) < 4.78 is 44.5. The number of hydrogen-bond acceptors (Lipinski definition) is 4. The second-order valence-corrected chi connectivity index (χ2v) is 9.15. The normalized spacial score (nSPS) is 14.2. The highest BCUT2D eigenvalue weighted by Gasteiger charge is 2.31. The molecule has 3 aromatic rings. The van der Waals surface area contributed by atoms with Crippen molar-refractivity contribution in [2.75, 3.05) is 31.1 Å². The first kappa shape index (κ1) is 24.0. The molecule has 1 fully saturated rings. The van der Waals surface area contributed by atoms with Crippen LogP contribution in [0.4, 0.5) is 23.7 Å². The standard InChI is InChI=1S/C26H25F3N2O2S/c1-19-17-21(26(27,28)29)11-12-23(19)34-24-10-6-5-9-22(24)30-13-15-31(16-14-30)25(32)33-18-20-7-3-2-4-8-20/h2-12,17H,13-16,18H2,1H3. The number of rotatable bonds is 5. The Kier molecular flexibility index (Phi) is 7.36. The summed E-state index contributed by atoms with van der Waals surface area (Å²) in [7, 11) is 0. The molecule has 0 spiro atoms. The number of benzene rings is 3. The zero-order valence-electron chi connectivity index (χ0n) is 18.7. The van der Waals surface area contributed by atoms with Crippen LogP contribution in [0.1, 0.15) is 16.7 Å². The largest absolute Gasteiger partial charge is 0.445 e. The van der Waals surface area contributed by atoms with Crippen LogP contribution in [0.5, 0.6) is 0 Å². The molecule has 0 aliphatic carbocycles. The van der Waals surface area contributed by atoms with Crippen LogP contribution >= 0.6 is 11.8 Å². The predicted molar refractivity (Wildman–Crippen MR) is 127 cm³/mol. The van der Waals surface area contributed by atoms with E-state index in [1.807, 2.05) is 54.6 Å². The van der Waals surface area contributed by atoms with Gasteiger partial charge in [0.1, 0.15) is 6.61 Å². The molecule has 0 unspecified atom stereocenters. The molecule has 34 heavy (non-hydrogen) atoms. The van der Waals surface area contributed by atoms with Crippen LogP contribution in [-0.2, 0) is 17.5 Å².